The summed E-state index contributed by atoms with van der Waals surface area (Å²) in [5.74, 6) is 0.223. The van der Waals surface area contributed by atoms with Crippen LogP contribution in [0.3, 0.4) is 0 Å². The second-order valence-electron chi connectivity index (χ2n) is 6.74. The highest BCUT2D eigenvalue weighted by Gasteiger charge is 2.27. The second-order valence-corrected chi connectivity index (χ2v) is 6.74. The highest BCUT2D eigenvalue weighted by Crippen LogP contribution is 2.32. The van der Waals surface area contributed by atoms with Gasteiger partial charge < -0.3 is 9.80 Å². The SMILES string of the molecule is Cc1cc(N2CCC(C(=O)N(C)C)CC2)c2cc([N+](=O)[O-])ccc2n1. The molecule has 1 aromatic heterocycles. The Labute approximate surface area is 146 Å². The van der Waals surface area contributed by atoms with Gasteiger partial charge in [0, 0.05) is 62.0 Å². The zero-order valence-electron chi connectivity index (χ0n) is 14.7. The molecule has 0 aliphatic carbocycles. The Morgan fingerprint density at radius 1 is 1.28 bits per heavy atom. The first-order valence-electron chi connectivity index (χ1n) is 8.38. The number of non-ortho nitro benzene ring substituents is 1. The molecule has 0 radical (unpaired) electrons. The highest BCUT2D eigenvalue weighted by atomic mass is 16.6. The van der Waals surface area contributed by atoms with Crippen molar-refractivity contribution in [1.29, 1.82) is 0 Å². The number of nitrogens with zero attached hydrogens (tertiary/aromatic N) is 4. The molecular formula is C18H22N4O3. The Morgan fingerprint density at radius 2 is 1.96 bits per heavy atom. The van der Waals surface area contributed by atoms with Crippen LogP contribution < -0.4 is 4.90 Å². The quantitative estimate of drug-likeness (QED) is 0.633. The molecular weight excluding hydrogens is 320 g/mol. The number of hydrogen-bond acceptors (Lipinski definition) is 5. The van der Waals surface area contributed by atoms with Crippen molar-refractivity contribution in [2.75, 3.05) is 32.1 Å². The second kappa shape index (κ2) is 6.66. The summed E-state index contributed by atoms with van der Waals surface area (Å²) in [5.41, 5.74) is 2.66. The Balaban J connectivity index is 1.92. The zero-order valence-corrected chi connectivity index (χ0v) is 14.7. The van der Waals surface area contributed by atoms with E-state index in [1.807, 2.05) is 13.0 Å². The maximum atomic E-state index is 12.1. The lowest BCUT2D eigenvalue weighted by atomic mass is 9.94. The summed E-state index contributed by atoms with van der Waals surface area (Å²) in [6.07, 6.45) is 1.57. The summed E-state index contributed by atoms with van der Waals surface area (Å²) in [6, 6.07) is 6.75. The number of carbonyl (C=O) groups is 1. The van der Waals surface area contributed by atoms with E-state index in [-0.39, 0.29) is 22.4 Å². The number of rotatable bonds is 3. The van der Waals surface area contributed by atoms with Gasteiger partial charge in [-0.3, -0.25) is 19.9 Å². The molecule has 7 nitrogen and oxygen atoms in total. The topological polar surface area (TPSA) is 79.6 Å². The molecule has 1 aliphatic rings. The van der Waals surface area contributed by atoms with Crippen LogP contribution in [0.2, 0.25) is 0 Å². The number of piperidine rings is 1. The summed E-state index contributed by atoms with van der Waals surface area (Å²) < 4.78 is 0. The van der Waals surface area contributed by atoms with Gasteiger partial charge >= 0.3 is 0 Å². The predicted octanol–water partition coefficient (Wildman–Crippen LogP) is 2.76. The van der Waals surface area contributed by atoms with Gasteiger partial charge in [-0.25, -0.2) is 0 Å². The van der Waals surface area contributed by atoms with Gasteiger partial charge in [0.25, 0.3) is 5.69 Å². The average Bonchev–Trinajstić information content (AvgIpc) is 2.60. The number of benzene rings is 1. The molecule has 1 aliphatic heterocycles. The smallest absolute Gasteiger partial charge is 0.270 e. The molecule has 0 atom stereocenters. The number of nitro groups is 1. The molecule has 3 rings (SSSR count). The standard InChI is InChI=1S/C18H22N4O3/c1-12-10-17(15-11-14(22(24)25)4-5-16(15)19-12)21-8-6-13(7-9-21)18(23)20(2)3/h4-5,10-11,13H,6-9H2,1-3H3. The van der Waals surface area contributed by atoms with Crippen molar-refractivity contribution in [3.63, 3.8) is 0 Å². The Kier molecular flexibility index (Phi) is 4.57. The van der Waals surface area contributed by atoms with Crippen molar-refractivity contribution in [2.45, 2.75) is 19.8 Å². The summed E-state index contributed by atoms with van der Waals surface area (Å²) in [4.78, 5) is 31.2. The number of nitro benzene ring substituents is 1. The van der Waals surface area contributed by atoms with E-state index in [0.29, 0.717) is 0 Å². The number of amides is 1. The van der Waals surface area contributed by atoms with E-state index in [0.717, 1.165) is 48.2 Å². The summed E-state index contributed by atoms with van der Waals surface area (Å²) in [6.45, 7) is 3.43. The minimum atomic E-state index is -0.384. The van der Waals surface area contributed by atoms with Crippen LogP contribution in [0, 0.1) is 23.0 Å². The third kappa shape index (κ3) is 3.40. The number of pyridine rings is 1. The molecule has 0 saturated carbocycles. The van der Waals surface area contributed by atoms with Crippen molar-refractivity contribution >= 4 is 28.2 Å². The molecule has 7 heteroatoms. The van der Waals surface area contributed by atoms with E-state index < -0.39 is 0 Å². The van der Waals surface area contributed by atoms with Crippen LogP contribution in [0.25, 0.3) is 10.9 Å². The third-order valence-electron chi connectivity index (χ3n) is 4.73. The fourth-order valence-corrected chi connectivity index (χ4v) is 3.43. The number of anilines is 1. The maximum Gasteiger partial charge on any atom is 0.270 e. The Morgan fingerprint density at radius 3 is 2.56 bits per heavy atom. The van der Waals surface area contributed by atoms with Crippen LogP contribution in [0.4, 0.5) is 11.4 Å². The molecule has 0 spiro atoms. The molecule has 2 heterocycles. The van der Waals surface area contributed by atoms with E-state index in [1.54, 1.807) is 31.1 Å². The number of hydrogen-bond donors (Lipinski definition) is 0. The third-order valence-corrected chi connectivity index (χ3v) is 4.73. The summed E-state index contributed by atoms with van der Waals surface area (Å²) in [7, 11) is 3.57. The minimum absolute atomic E-state index is 0.0507. The van der Waals surface area contributed by atoms with Crippen LogP contribution in [0.5, 0.6) is 0 Å². The molecule has 1 saturated heterocycles. The van der Waals surface area contributed by atoms with E-state index in [2.05, 4.69) is 9.88 Å². The van der Waals surface area contributed by atoms with Gasteiger partial charge in [-0.2, -0.15) is 0 Å². The van der Waals surface area contributed by atoms with Crippen molar-refractivity contribution in [2.24, 2.45) is 5.92 Å². The van der Waals surface area contributed by atoms with Crippen LogP contribution in [0.1, 0.15) is 18.5 Å². The van der Waals surface area contributed by atoms with Crippen molar-refractivity contribution in [3.05, 3.63) is 40.1 Å². The fraction of sp³-hybridized carbons (Fsp3) is 0.444. The molecule has 0 bridgehead atoms. The van der Waals surface area contributed by atoms with Crippen LogP contribution in [0.15, 0.2) is 24.3 Å². The molecule has 1 fully saturated rings. The number of aromatic nitrogens is 1. The number of carbonyl (C=O) groups excluding carboxylic acids is 1. The van der Waals surface area contributed by atoms with Gasteiger partial charge in [-0.15, -0.1) is 0 Å². The van der Waals surface area contributed by atoms with E-state index >= 15 is 0 Å². The molecule has 1 aromatic carbocycles. The van der Waals surface area contributed by atoms with Gasteiger partial charge in [-0.05, 0) is 31.9 Å². The minimum Gasteiger partial charge on any atom is -0.371 e. The predicted molar refractivity (Wildman–Crippen MR) is 96.8 cm³/mol. The van der Waals surface area contributed by atoms with E-state index in [1.165, 1.54) is 6.07 Å². The number of fused-ring (bicyclic) bond motifs is 1. The van der Waals surface area contributed by atoms with Gasteiger partial charge in [0.2, 0.25) is 5.91 Å². The average molecular weight is 342 g/mol. The maximum absolute atomic E-state index is 12.1. The van der Waals surface area contributed by atoms with Gasteiger partial charge in [-0.1, -0.05) is 0 Å². The lowest BCUT2D eigenvalue weighted by Gasteiger charge is -2.34. The largest absolute Gasteiger partial charge is 0.371 e. The van der Waals surface area contributed by atoms with E-state index in [4.69, 9.17) is 0 Å². The monoisotopic (exact) mass is 342 g/mol. The van der Waals surface area contributed by atoms with E-state index in [9.17, 15) is 14.9 Å². The molecule has 132 valence electrons. The normalized spacial score (nSPS) is 15.4. The summed E-state index contributed by atoms with van der Waals surface area (Å²) >= 11 is 0. The van der Waals surface area contributed by atoms with Gasteiger partial charge in [0.05, 0.1) is 10.4 Å². The molecule has 1 amide bonds. The molecule has 2 aromatic rings. The highest BCUT2D eigenvalue weighted by molar-refractivity contribution is 5.93. The van der Waals surface area contributed by atoms with Crippen LogP contribution >= 0.6 is 0 Å². The van der Waals surface area contributed by atoms with Crippen molar-refractivity contribution < 1.29 is 9.72 Å². The lowest BCUT2D eigenvalue weighted by Crippen LogP contribution is -2.40. The molecule has 25 heavy (non-hydrogen) atoms. The fourth-order valence-electron chi connectivity index (χ4n) is 3.43. The van der Waals surface area contributed by atoms with Crippen molar-refractivity contribution in [3.8, 4) is 0 Å². The van der Waals surface area contributed by atoms with Crippen molar-refractivity contribution in [1.82, 2.24) is 9.88 Å². The Bertz CT molecular complexity index is 826. The lowest BCUT2D eigenvalue weighted by molar-refractivity contribution is -0.384. The van der Waals surface area contributed by atoms with Crippen LogP contribution in [-0.2, 0) is 4.79 Å². The van der Waals surface area contributed by atoms with Crippen LogP contribution in [-0.4, -0.2) is 47.9 Å². The zero-order chi connectivity index (χ0) is 18.1. The van der Waals surface area contributed by atoms with Gasteiger partial charge in [0.15, 0.2) is 0 Å². The first kappa shape index (κ1) is 17.1. The van der Waals surface area contributed by atoms with Gasteiger partial charge in [0.1, 0.15) is 0 Å². The number of aryl methyl sites for hydroxylation is 1. The summed E-state index contributed by atoms with van der Waals surface area (Å²) in [5, 5.41) is 11.9. The first-order chi connectivity index (χ1) is 11.9. The Hall–Kier alpha value is -2.70. The molecule has 0 N–H and O–H groups in total. The first-order valence-corrected chi connectivity index (χ1v) is 8.38. The molecule has 0 unspecified atom stereocenters.